The van der Waals surface area contributed by atoms with Crippen LogP contribution in [-0.4, -0.2) is 34.9 Å². The van der Waals surface area contributed by atoms with Gasteiger partial charge in [-0.3, -0.25) is 14.9 Å². The Balaban J connectivity index is 2.06. The van der Waals surface area contributed by atoms with Crippen LogP contribution in [0.4, 0.5) is 11.5 Å². The van der Waals surface area contributed by atoms with Crippen molar-refractivity contribution in [2.45, 2.75) is 45.6 Å². The second-order valence-corrected chi connectivity index (χ2v) is 5.69. The summed E-state index contributed by atoms with van der Waals surface area (Å²) in [7, 11) is 0. The van der Waals surface area contributed by atoms with E-state index in [4.69, 9.17) is 0 Å². The molecule has 0 spiro atoms. The SMILES string of the molecule is CCCC(=O)NC1CCCN(c2ncc([N+](=O)[O-])cc2C)C1. The van der Waals surface area contributed by atoms with Crippen LogP contribution in [0.5, 0.6) is 0 Å². The molecule has 0 aromatic carbocycles. The molecule has 0 saturated carbocycles. The van der Waals surface area contributed by atoms with Crippen molar-refractivity contribution < 1.29 is 9.72 Å². The lowest BCUT2D eigenvalue weighted by Gasteiger charge is -2.34. The van der Waals surface area contributed by atoms with E-state index in [2.05, 4.69) is 15.2 Å². The number of aromatic nitrogens is 1. The highest BCUT2D eigenvalue weighted by molar-refractivity contribution is 5.76. The third kappa shape index (κ3) is 3.93. The van der Waals surface area contributed by atoms with Gasteiger partial charge in [-0.15, -0.1) is 0 Å². The van der Waals surface area contributed by atoms with Gasteiger partial charge in [-0.05, 0) is 31.7 Å². The van der Waals surface area contributed by atoms with E-state index in [9.17, 15) is 14.9 Å². The molecular formula is C15H22N4O3. The van der Waals surface area contributed by atoms with Crippen molar-refractivity contribution in [3.05, 3.63) is 27.9 Å². The quantitative estimate of drug-likeness (QED) is 0.665. The molecule has 1 saturated heterocycles. The van der Waals surface area contributed by atoms with Crippen LogP contribution in [0.15, 0.2) is 12.3 Å². The molecule has 7 heteroatoms. The second kappa shape index (κ2) is 7.20. The summed E-state index contributed by atoms with van der Waals surface area (Å²) in [5.74, 6) is 0.850. The highest BCUT2D eigenvalue weighted by Crippen LogP contribution is 2.24. The highest BCUT2D eigenvalue weighted by atomic mass is 16.6. The number of anilines is 1. The van der Waals surface area contributed by atoms with Crippen LogP contribution in [0.1, 0.15) is 38.2 Å². The summed E-state index contributed by atoms with van der Waals surface area (Å²) in [4.78, 5) is 28.4. The molecule has 120 valence electrons. The van der Waals surface area contributed by atoms with Crippen LogP contribution in [0.25, 0.3) is 0 Å². The Morgan fingerprint density at radius 1 is 1.59 bits per heavy atom. The zero-order valence-electron chi connectivity index (χ0n) is 13.0. The van der Waals surface area contributed by atoms with E-state index in [0.717, 1.165) is 37.2 Å². The lowest BCUT2D eigenvalue weighted by atomic mass is 10.0. The summed E-state index contributed by atoms with van der Waals surface area (Å²) in [5, 5.41) is 13.8. The smallest absolute Gasteiger partial charge is 0.287 e. The molecular weight excluding hydrogens is 284 g/mol. The van der Waals surface area contributed by atoms with Gasteiger partial charge >= 0.3 is 0 Å². The zero-order valence-corrected chi connectivity index (χ0v) is 13.0. The lowest BCUT2D eigenvalue weighted by molar-refractivity contribution is -0.385. The van der Waals surface area contributed by atoms with E-state index in [0.29, 0.717) is 13.0 Å². The van der Waals surface area contributed by atoms with Gasteiger partial charge in [0.05, 0.1) is 4.92 Å². The van der Waals surface area contributed by atoms with Gasteiger partial charge in [-0.25, -0.2) is 4.98 Å². The summed E-state index contributed by atoms with van der Waals surface area (Å²) in [6.45, 7) is 5.36. The van der Waals surface area contributed by atoms with Gasteiger partial charge in [-0.1, -0.05) is 6.92 Å². The predicted molar refractivity (Wildman–Crippen MR) is 83.9 cm³/mol. The number of nitrogens with zero attached hydrogens (tertiary/aromatic N) is 3. The number of piperidine rings is 1. The molecule has 1 N–H and O–H groups in total. The number of carbonyl (C=O) groups is 1. The van der Waals surface area contributed by atoms with Crippen LogP contribution in [-0.2, 0) is 4.79 Å². The number of carbonyl (C=O) groups excluding carboxylic acids is 1. The van der Waals surface area contributed by atoms with Gasteiger partial charge < -0.3 is 10.2 Å². The van der Waals surface area contributed by atoms with Gasteiger partial charge in [0.25, 0.3) is 5.69 Å². The van der Waals surface area contributed by atoms with Crippen molar-refractivity contribution in [2.75, 3.05) is 18.0 Å². The maximum absolute atomic E-state index is 11.7. The Kier molecular flexibility index (Phi) is 5.30. The average molecular weight is 306 g/mol. The number of nitrogens with one attached hydrogen (secondary N) is 1. The first-order chi connectivity index (χ1) is 10.5. The average Bonchev–Trinajstić information content (AvgIpc) is 2.47. The predicted octanol–water partition coefficient (Wildman–Crippen LogP) is 2.18. The number of hydrogen-bond donors (Lipinski definition) is 1. The van der Waals surface area contributed by atoms with E-state index in [-0.39, 0.29) is 17.6 Å². The maximum atomic E-state index is 11.7. The van der Waals surface area contributed by atoms with Crippen molar-refractivity contribution in [3.8, 4) is 0 Å². The molecule has 1 aliphatic heterocycles. The monoisotopic (exact) mass is 306 g/mol. The molecule has 1 aliphatic rings. The van der Waals surface area contributed by atoms with Crippen molar-refractivity contribution in [3.63, 3.8) is 0 Å². The summed E-state index contributed by atoms with van der Waals surface area (Å²) < 4.78 is 0. The van der Waals surface area contributed by atoms with E-state index in [1.165, 1.54) is 6.20 Å². The third-order valence-electron chi connectivity index (χ3n) is 3.81. The fourth-order valence-electron chi connectivity index (χ4n) is 2.80. The number of nitro groups is 1. The molecule has 7 nitrogen and oxygen atoms in total. The minimum atomic E-state index is -0.437. The normalized spacial score (nSPS) is 18.1. The van der Waals surface area contributed by atoms with Crippen LogP contribution >= 0.6 is 0 Å². The standard InChI is InChI=1S/C15H22N4O3/c1-3-5-14(20)17-12-6-4-7-18(10-12)15-11(2)8-13(9-16-15)19(21)22/h8-9,12H,3-7,10H2,1-2H3,(H,17,20). The molecule has 1 aromatic rings. The molecule has 22 heavy (non-hydrogen) atoms. The van der Waals surface area contributed by atoms with E-state index < -0.39 is 4.92 Å². The first-order valence-electron chi connectivity index (χ1n) is 7.66. The molecule has 0 aliphatic carbocycles. The van der Waals surface area contributed by atoms with Crippen molar-refractivity contribution in [1.29, 1.82) is 0 Å². The number of pyridine rings is 1. The van der Waals surface area contributed by atoms with Gasteiger partial charge in [-0.2, -0.15) is 0 Å². The van der Waals surface area contributed by atoms with Crippen LogP contribution in [0.2, 0.25) is 0 Å². The van der Waals surface area contributed by atoms with E-state index in [1.807, 2.05) is 13.8 Å². The molecule has 2 rings (SSSR count). The maximum Gasteiger partial charge on any atom is 0.287 e. The first kappa shape index (κ1) is 16.2. The molecule has 1 amide bonds. The van der Waals surface area contributed by atoms with Crippen LogP contribution in [0.3, 0.4) is 0 Å². The van der Waals surface area contributed by atoms with Crippen molar-refractivity contribution in [2.24, 2.45) is 0 Å². The van der Waals surface area contributed by atoms with Crippen LogP contribution < -0.4 is 10.2 Å². The molecule has 1 fully saturated rings. The van der Waals surface area contributed by atoms with Crippen molar-refractivity contribution in [1.82, 2.24) is 10.3 Å². The largest absolute Gasteiger partial charge is 0.354 e. The van der Waals surface area contributed by atoms with Crippen molar-refractivity contribution >= 4 is 17.4 Å². The Morgan fingerprint density at radius 3 is 3.00 bits per heavy atom. The Labute approximate surface area is 129 Å². The lowest BCUT2D eigenvalue weighted by Crippen LogP contribution is -2.48. The van der Waals surface area contributed by atoms with Crippen LogP contribution in [0, 0.1) is 17.0 Å². The van der Waals surface area contributed by atoms with Gasteiger partial charge in [0.15, 0.2) is 0 Å². The van der Waals surface area contributed by atoms with E-state index >= 15 is 0 Å². The summed E-state index contributed by atoms with van der Waals surface area (Å²) >= 11 is 0. The number of hydrogen-bond acceptors (Lipinski definition) is 5. The fraction of sp³-hybridized carbons (Fsp3) is 0.600. The number of aryl methyl sites for hydroxylation is 1. The summed E-state index contributed by atoms with van der Waals surface area (Å²) in [5.41, 5.74) is 0.792. The van der Waals surface area contributed by atoms with E-state index in [1.54, 1.807) is 6.07 Å². The zero-order chi connectivity index (χ0) is 16.1. The third-order valence-corrected chi connectivity index (χ3v) is 3.81. The molecule has 1 atom stereocenters. The molecule has 0 radical (unpaired) electrons. The first-order valence-corrected chi connectivity index (χ1v) is 7.66. The molecule has 1 unspecified atom stereocenters. The summed E-state index contributed by atoms with van der Waals surface area (Å²) in [6.07, 6.45) is 4.60. The molecule has 1 aromatic heterocycles. The second-order valence-electron chi connectivity index (χ2n) is 5.69. The fourth-order valence-corrected chi connectivity index (χ4v) is 2.80. The van der Waals surface area contributed by atoms with Gasteiger partial charge in [0.2, 0.25) is 5.91 Å². The Bertz CT molecular complexity index is 562. The molecule has 2 heterocycles. The number of rotatable bonds is 5. The van der Waals surface area contributed by atoms with Gasteiger partial charge in [0, 0.05) is 31.6 Å². The Morgan fingerprint density at radius 2 is 2.36 bits per heavy atom. The number of amides is 1. The van der Waals surface area contributed by atoms with Gasteiger partial charge in [0.1, 0.15) is 12.0 Å². The highest BCUT2D eigenvalue weighted by Gasteiger charge is 2.23. The Hall–Kier alpha value is -2.18. The molecule has 0 bridgehead atoms. The topological polar surface area (TPSA) is 88.4 Å². The minimum absolute atomic E-state index is 0.00561. The minimum Gasteiger partial charge on any atom is -0.354 e. The summed E-state index contributed by atoms with van der Waals surface area (Å²) in [6, 6.07) is 1.66.